The molecule has 0 bridgehead atoms. The molecule has 1 amide bonds. The number of hydrogen-bond donors (Lipinski definition) is 1. The summed E-state index contributed by atoms with van der Waals surface area (Å²) in [6.07, 6.45) is -0.900. The number of nitrogens with zero attached hydrogens (tertiary/aromatic N) is 1. The Kier molecular flexibility index (Phi) is 6.14. The number of hydrogen-bond acceptors (Lipinski definition) is 1. The first-order valence-electron chi connectivity index (χ1n) is 5.81. The molecular weight excluding hydrogens is 278 g/mol. The van der Waals surface area contributed by atoms with Crippen LogP contribution in [0.15, 0.2) is 60.7 Å². The maximum atomic E-state index is 11.2. The molecule has 0 saturated carbocycles. The molecule has 0 saturated heterocycles. The first kappa shape index (κ1) is 15.3. The predicted octanol–water partition coefficient (Wildman–Crippen LogP) is 3.36. The molecule has 0 spiro atoms. The van der Waals surface area contributed by atoms with E-state index in [-0.39, 0.29) is 17.4 Å². The van der Waals surface area contributed by atoms with Gasteiger partial charge in [0, 0.05) is 30.5 Å². The second kappa shape index (κ2) is 7.63. The quantitative estimate of drug-likeness (QED) is 0.939. The summed E-state index contributed by atoms with van der Waals surface area (Å²) < 4.78 is 0. The van der Waals surface area contributed by atoms with Crippen molar-refractivity contribution < 1.29 is 27.3 Å². The minimum absolute atomic E-state index is 0. The van der Waals surface area contributed by atoms with E-state index in [2.05, 4.69) is 0 Å². The molecule has 2 aromatic carbocycles. The van der Waals surface area contributed by atoms with E-state index < -0.39 is 6.09 Å². The molecule has 0 heterocycles. The van der Waals surface area contributed by atoms with Gasteiger partial charge in [0.2, 0.25) is 0 Å². The van der Waals surface area contributed by atoms with Gasteiger partial charge in [-0.1, -0.05) is 60.7 Å². The van der Waals surface area contributed by atoms with Crippen LogP contribution in [-0.2, 0) is 30.5 Å². The number of carbonyl (C=O) groups is 1. The average molecular weight is 293 g/mol. The zero-order valence-corrected chi connectivity index (χ0v) is 11.7. The summed E-state index contributed by atoms with van der Waals surface area (Å²) in [5.74, 6) is 0. The Labute approximate surface area is 123 Å². The van der Waals surface area contributed by atoms with Crippen LogP contribution < -0.4 is 0 Å². The molecule has 1 N–H and O–H groups in total. The van der Waals surface area contributed by atoms with Gasteiger partial charge in [-0.15, -0.1) is 0 Å². The Morgan fingerprint density at radius 1 is 0.842 bits per heavy atom. The normalized spacial score (nSPS) is 9.47. The van der Waals surface area contributed by atoms with Gasteiger partial charge in [0.1, 0.15) is 0 Å². The minimum Gasteiger partial charge on any atom is -0.465 e. The first-order valence-corrected chi connectivity index (χ1v) is 5.81. The molecule has 98 valence electrons. The third-order valence-electron chi connectivity index (χ3n) is 2.70. The average Bonchev–Trinajstić information content (AvgIpc) is 2.40. The maximum Gasteiger partial charge on any atom is 0.407 e. The Hall–Kier alpha value is -1.76. The standard InChI is InChI=1S/C15H15NO2.Cr/c17-15(18)16(11-13-7-3-1-4-8-13)12-14-9-5-2-6-10-14;/h1-10H,11-12H2,(H,17,18);. The summed E-state index contributed by atoms with van der Waals surface area (Å²) >= 11 is 0. The molecule has 0 radical (unpaired) electrons. The molecule has 0 unspecified atom stereocenters. The van der Waals surface area contributed by atoms with Crippen LogP contribution in [0.25, 0.3) is 0 Å². The van der Waals surface area contributed by atoms with Crippen molar-refractivity contribution in [3.8, 4) is 0 Å². The first-order chi connectivity index (χ1) is 8.75. The topological polar surface area (TPSA) is 40.5 Å². The molecule has 0 atom stereocenters. The molecule has 0 aromatic heterocycles. The van der Waals surface area contributed by atoms with E-state index in [1.54, 1.807) is 0 Å². The number of carboxylic acid groups (broad SMARTS) is 1. The van der Waals surface area contributed by atoms with Gasteiger partial charge in [-0.2, -0.15) is 0 Å². The molecule has 4 heteroatoms. The summed E-state index contributed by atoms with van der Waals surface area (Å²) in [4.78, 5) is 12.6. The predicted molar refractivity (Wildman–Crippen MR) is 70.2 cm³/mol. The van der Waals surface area contributed by atoms with Crippen LogP contribution in [0.1, 0.15) is 11.1 Å². The van der Waals surface area contributed by atoms with Crippen molar-refractivity contribution in [2.45, 2.75) is 13.1 Å². The monoisotopic (exact) mass is 293 g/mol. The maximum absolute atomic E-state index is 11.2. The van der Waals surface area contributed by atoms with Crippen molar-refractivity contribution in [2.75, 3.05) is 0 Å². The smallest absolute Gasteiger partial charge is 0.407 e. The van der Waals surface area contributed by atoms with Gasteiger partial charge < -0.3 is 5.11 Å². The summed E-state index contributed by atoms with van der Waals surface area (Å²) in [6, 6.07) is 19.2. The largest absolute Gasteiger partial charge is 0.465 e. The number of rotatable bonds is 4. The number of benzene rings is 2. The van der Waals surface area contributed by atoms with E-state index >= 15 is 0 Å². The van der Waals surface area contributed by atoms with E-state index in [1.165, 1.54) is 4.90 Å². The Morgan fingerprint density at radius 2 is 1.21 bits per heavy atom. The van der Waals surface area contributed by atoms with E-state index in [1.807, 2.05) is 60.7 Å². The second-order valence-corrected chi connectivity index (χ2v) is 4.11. The van der Waals surface area contributed by atoms with Crippen molar-refractivity contribution in [3.05, 3.63) is 71.8 Å². The van der Waals surface area contributed by atoms with E-state index in [0.29, 0.717) is 13.1 Å². The zero-order valence-electron chi connectivity index (χ0n) is 10.4. The van der Waals surface area contributed by atoms with E-state index in [9.17, 15) is 9.90 Å². The summed E-state index contributed by atoms with van der Waals surface area (Å²) in [7, 11) is 0. The third-order valence-corrected chi connectivity index (χ3v) is 2.70. The van der Waals surface area contributed by atoms with Crippen LogP contribution in [0, 0.1) is 0 Å². The summed E-state index contributed by atoms with van der Waals surface area (Å²) in [5, 5.41) is 9.22. The molecular formula is C15H15CrNO2. The van der Waals surface area contributed by atoms with Crippen molar-refractivity contribution in [2.24, 2.45) is 0 Å². The third kappa shape index (κ3) is 4.78. The summed E-state index contributed by atoms with van der Waals surface area (Å²) in [6.45, 7) is 0.816. The molecule has 0 aliphatic rings. The van der Waals surface area contributed by atoms with Gasteiger partial charge in [0.15, 0.2) is 0 Å². The van der Waals surface area contributed by atoms with Crippen LogP contribution >= 0.6 is 0 Å². The Balaban J connectivity index is 0.00000180. The molecule has 0 aliphatic heterocycles. The van der Waals surface area contributed by atoms with Gasteiger partial charge in [-0.05, 0) is 11.1 Å². The van der Waals surface area contributed by atoms with Crippen molar-refractivity contribution in [1.82, 2.24) is 4.90 Å². The zero-order chi connectivity index (χ0) is 12.8. The van der Waals surface area contributed by atoms with Crippen LogP contribution in [0.4, 0.5) is 4.79 Å². The van der Waals surface area contributed by atoms with Gasteiger partial charge >= 0.3 is 6.09 Å². The Morgan fingerprint density at radius 3 is 1.53 bits per heavy atom. The molecule has 2 aromatic rings. The Bertz CT molecular complexity index is 461. The molecule has 0 fully saturated rings. The fraction of sp³-hybridized carbons (Fsp3) is 0.133. The summed E-state index contributed by atoms with van der Waals surface area (Å²) in [5.41, 5.74) is 1.99. The van der Waals surface area contributed by atoms with Crippen molar-refractivity contribution in [1.29, 1.82) is 0 Å². The minimum atomic E-state index is -0.900. The van der Waals surface area contributed by atoms with Gasteiger partial charge in [0.25, 0.3) is 0 Å². The molecule has 3 nitrogen and oxygen atoms in total. The molecule has 0 aliphatic carbocycles. The van der Waals surface area contributed by atoms with Gasteiger partial charge in [-0.25, -0.2) is 4.79 Å². The van der Waals surface area contributed by atoms with Gasteiger partial charge in [-0.3, -0.25) is 4.90 Å². The van der Waals surface area contributed by atoms with Crippen LogP contribution in [0.5, 0.6) is 0 Å². The molecule has 2 rings (SSSR count). The number of amides is 1. The fourth-order valence-electron chi connectivity index (χ4n) is 1.80. The van der Waals surface area contributed by atoms with Crippen LogP contribution in [0.2, 0.25) is 0 Å². The van der Waals surface area contributed by atoms with Crippen LogP contribution in [0.3, 0.4) is 0 Å². The second-order valence-electron chi connectivity index (χ2n) is 4.11. The van der Waals surface area contributed by atoms with Crippen molar-refractivity contribution in [3.63, 3.8) is 0 Å². The van der Waals surface area contributed by atoms with Crippen LogP contribution in [-0.4, -0.2) is 16.1 Å². The molecule has 19 heavy (non-hydrogen) atoms. The van der Waals surface area contributed by atoms with E-state index in [0.717, 1.165) is 11.1 Å². The SMILES string of the molecule is O=C(O)N(Cc1ccccc1)Cc1ccccc1.[Cr]. The fourth-order valence-corrected chi connectivity index (χ4v) is 1.80. The van der Waals surface area contributed by atoms with E-state index in [4.69, 9.17) is 0 Å². The van der Waals surface area contributed by atoms with Crippen molar-refractivity contribution >= 4 is 6.09 Å². The van der Waals surface area contributed by atoms with Gasteiger partial charge in [0.05, 0.1) is 0 Å².